The fourth-order valence-electron chi connectivity index (χ4n) is 3.61. The molecule has 0 unspecified atom stereocenters. The molecule has 0 atom stereocenters. The van der Waals surface area contributed by atoms with E-state index in [1.54, 1.807) is 35.0 Å². The molecule has 288 valence electrons. The monoisotopic (exact) mass is 1460 g/mol. The van der Waals surface area contributed by atoms with Crippen LogP contribution in [-0.4, -0.2) is 64.7 Å². The van der Waals surface area contributed by atoms with Crippen molar-refractivity contribution < 1.29 is 53.9 Å². The number of carboxylic acid groups (broad SMARTS) is 3. The molecule has 0 aliphatic carbocycles. The summed E-state index contributed by atoms with van der Waals surface area (Å²) in [5.41, 5.74) is 1.09. The molecule has 3 heterocycles. The molecule has 4 N–H and O–H groups in total. The Morgan fingerprint density at radius 2 is 1.36 bits per heavy atom. The maximum Gasteiger partial charge on any atom is 0.338 e. The molecule has 0 fully saturated rings. The van der Waals surface area contributed by atoms with E-state index in [1.807, 2.05) is 21.8 Å². The van der Waals surface area contributed by atoms with Crippen molar-refractivity contribution in [1.29, 1.82) is 0 Å². The van der Waals surface area contributed by atoms with Crippen molar-refractivity contribution in [3.63, 3.8) is 0 Å². The summed E-state index contributed by atoms with van der Waals surface area (Å²) in [7, 11) is 1.31. The van der Waals surface area contributed by atoms with Crippen LogP contribution in [0.4, 0.5) is 0 Å². The maximum absolute atomic E-state index is 11.5. The van der Waals surface area contributed by atoms with Gasteiger partial charge in [0.25, 0.3) is 0 Å². The quantitative estimate of drug-likeness (QED) is 0.0400. The molecule has 5 rings (SSSR count). The zero-order valence-electron chi connectivity index (χ0n) is 27.6. The van der Waals surface area contributed by atoms with Gasteiger partial charge in [0, 0.05) is 12.5 Å². The highest BCUT2D eigenvalue weighted by Crippen LogP contribution is 2.33. The number of rotatable bonds is 7. The van der Waals surface area contributed by atoms with Gasteiger partial charge in [0.15, 0.2) is 0 Å². The molecule has 53 heavy (non-hydrogen) atoms. The van der Waals surface area contributed by atoms with Crippen LogP contribution in [-0.2, 0) is 19.1 Å². The number of phenolic OH excluding ortho intramolecular Hbond substituents is 1. The average molecular weight is 1460 g/mol. The Balaban J connectivity index is 0.000000691. The summed E-state index contributed by atoms with van der Waals surface area (Å²) in [6.07, 6.45) is 0.901. The van der Waals surface area contributed by atoms with Gasteiger partial charge >= 0.3 is 29.8 Å². The zero-order chi connectivity index (χ0) is 40.7. The number of carbonyl (C=O) groups excluding carboxylic acids is 2. The van der Waals surface area contributed by atoms with Crippen molar-refractivity contribution in [3.05, 3.63) is 86.2 Å². The molecule has 3 aromatic heterocycles. The van der Waals surface area contributed by atoms with Crippen LogP contribution in [0.5, 0.6) is 11.5 Å². The molecule has 5 aromatic rings. The van der Waals surface area contributed by atoms with E-state index in [1.165, 1.54) is 68.7 Å². The second-order valence-electron chi connectivity index (χ2n) is 8.99. The van der Waals surface area contributed by atoms with Crippen molar-refractivity contribution >= 4 is 226 Å². The van der Waals surface area contributed by atoms with Crippen molar-refractivity contribution in [2.75, 3.05) is 14.5 Å². The molecule has 0 saturated carbocycles. The minimum absolute atomic E-state index is 0.0323. The van der Waals surface area contributed by atoms with Crippen molar-refractivity contribution in [1.82, 2.24) is 0 Å². The molecule has 20 heteroatoms. The van der Waals surface area contributed by atoms with E-state index in [4.69, 9.17) is 20.1 Å². The van der Waals surface area contributed by atoms with Gasteiger partial charge in [-0.15, -0.1) is 22.7 Å². The lowest BCUT2D eigenvalue weighted by Crippen LogP contribution is -2.06. The van der Waals surface area contributed by atoms with Crippen molar-refractivity contribution in [3.8, 4) is 11.5 Å². The fourth-order valence-corrected chi connectivity index (χ4v) is 5.85. The van der Waals surface area contributed by atoms with E-state index < -0.39 is 36.3 Å². The fraction of sp³-hybridized carbons (Fsp3) is 0.182. The number of aromatic carboxylic acids is 1. The summed E-state index contributed by atoms with van der Waals surface area (Å²) in [6.45, 7) is 1.32. The van der Waals surface area contributed by atoms with Gasteiger partial charge < -0.3 is 29.9 Å². The minimum atomic E-state index is -1.20. The van der Waals surface area contributed by atoms with Gasteiger partial charge in [-0.1, -0.05) is 136 Å². The SMILES string of the molecule is CI.COC(=O)c1cc(OC(C)=O)c2sccc2c1.IC(I)I.ICI.O=C(O)C/C(=C/c1ccsc1)C(=O)O.O=C(O)c1cc(O)c2sccc2c1. The van der Waals surface area contributed by atoms with Gasteiger partial charge in [-0.25, -0.2) is 14.4 Å². The number of carboxylic acids is 3. The molecule has 0 spiro atoms. The van der Waals surface area contributed by atoms with E-state index in [0.717, 1.165) is 20.1 Å². The number of hydrogen-bond donors (Lipinski definition) is 4. The first-order chi connectivity index (χ1) is 25.0. The third-order valence-electron chi connectivity index (χ3n) is 5.47. The van der Waals surface area contributed by atoms with Crippen LogP contribution in [0.2, 0.25) is 0 Å². The third-order valence-corrected chi connectivity index (χ3v) is 8.07. The Morgan fingerprint density at radius 1 is 0.830 bits per heavy atom. The molecule has 0 saturated heterocycles. The molecule has 0 amide bonds. The summed E-state index contributed by atoms with van der Waals surface area (Å²) >= 11 is 17.9. The van der Waals surface area contributed by atoms with E-state index in [9.17, 15) is 29.1 Å². The zero-order valence-corrected chi connectivity index (χ0v) is 43.0. The largest absolute Gasteiger partial charge is 0.506 e. The number of thiophene rings is 3. The Labute approximate surface area is 399 Å². The number of phenols is 1. The van der Waals surface area contributed by atoms with E-state index in [0.29, 0.717) is 16.9 Å². The van der Waals surface area contributed by atoms with Crippen LogP contribution >= 0.6 is 170 Å². The molecule has 2 aromatic carbocycles. The second kappa shape index (κ2) is 29.6. The molecule has 0 bridgehead atoms. The highest BCUT2D eigenvalue weighted by atomic mass is 127. The van der Waals surface area contributed by atoms with Crippen LogP contribution in [0.15, 0.2) is 69.6 Å². The van der Waals surface area contributed by atoms with E-state index in [-0.39, 0.29) is 16.9 Å². The third kappa shape index (κ3) is 21.4. The Morgan fingerprint density at radius 3 is 1.81 bits per heavy atom. The van der Waals surface area contributed by atoms with Crippen molar-refractivity contribution in [2.24, 2.45) is 0 Å². The second-order valence-corrected chi connectivity index (χ2v) is 26.9. The van der Waals surface area contributed by atoms with Crippen molar-refractivity contribution in [2.45, 2.75) is 13.3 Å². The lowest BCUT2D eigenvalue weighted by Gasteiger charge is -2.05. The topological polar surface area (TPSA) is 185 Å². The van der Waals surface area contributed by atoms with Crippen LogP contribution in [0.25, 0.3) is 26.2 Å². The van der Waals surface area contributed by atoms with Gasteiger partial charge in [-0.2, -0.15) is 11.3 Å². The van der Waals surface area contributed by atoms with Gasteiger partial charge in [-0.05, 0) is 91.3 Å². The summed E-state index contributed by atoms with van der Waals surface area (Å²) in [4.78, 5) is 56.0. The van der Waals surface area contributed by atoms with Crippen LogP contribution in [0, 0.1) is 0 Å². The molecular weight excluding hydrogens is 1430 g/mol. The number of fused-ring (bicyclic) bond motifs is 2. The number of benzene rings is 2. The van der Waals surface area contributed by atoms with Crippen LogP contribution < -0.4 is 4.74 Å². The Bertz CT molecular complexity index is 1940. The Hall–Kier alpha value is -0.670. The van der Waals surface area contributed by atoms with Gasteiger partial charge in [-0.3, -0.25) is 9.59 Å². The number of alkyl halides is 6. The summed E-state index contributed by atoms with van der Waals surface area (Å²) in [5.74, 6) is -3.81. The lowest BCUT2D eigenvalue weighted by molar-refractivity contribution is -0.139. The molecule has 0 aliphatic rings. The van der Waals surface area contributed by atoms with Gasteiger partial charge in [0.05, 0.1) is 36.5 Å². The van der Waals surface area contributed by atoms with Crippen LogP contribution in [0.1, 0.15) is 39.6 Å². The van der Waals surface area contributed by atoms with E-state index in [2.05, 4.69) is 140 Å². The number of methoxy groups -OCH3 is 1. The summed E-state index contributed by atoms with van der Waals surface area (Å²) < 4.78 is 13.2. The van der Waals surface area contributed by atoms with Gasteiger partial charge in [0.2, 0.25) is 0 Å². The lowest BCUT2D eigenvalue weighted by atomic mass is 10.1. The molecule has 11 nitrogen and oxygen atoms in total. The molecule has 0 radical (unpaired) electrons. The van der Waals surface area contributed by atoms with E-state index >= 15 is 0 Å². The number of aliphatic carboxylic acids is 2. The number of halogens is 6. The number of carbonyl (C=O) groups is 5. The molecular formula is C33H30I6O11S3. The average Bonchev–Trinajstić information content (AvgIpc) is 3.88. The first kappa shape index (κ1) is 52.3. The van der Waals surface area contributed by atoms with Crippen LogP contribution in [0.3, 0.4) is 0 Å². The standard InChI is InChI=1S/C12H10O4S.C9H8O4S.C9H6O3S.CHI3.CH2I2.CH3I/c1-7(13)16-10-6-9(12(14)15-2)5-8-3-4-17-11(8)10;10-8(11)4-7(9(12)13)3-6-1-2-14-5-6;10-7-4-6(9(11)12)3-5-1-2-13-8(5)7;2-1(3)4;2-1-3;1-2/h3-6H,1-2H3;1-3,5H,4H2,(H,10,11)(H,12,13);1-4,10H,(H,11,12);1H;1H2;1H3/b;7-3-;;;;. The normalized spacial score (nSPS) is 9.96. The molecule has 0 aliphatic heterocycles. The predicted molar refractivity (Wildman–Crippen MR) is 266 cm³/mol. The highest BCUT2D eigenvalue weighted by Gasteiger charge is 2.14. The number of ether oxygens (including phenoxy) is 2. The minimum Gasteiger partial charge on any atom is -0.506 e. The summed E-state index contributed by atoms with van der Waals surface area (Å²) in [5, 5.41) is 44.2. The van der Waals surface area contributed by atoms with Gasteiger partial charge in [0.1, 0.15) is 11.4 Å². The maximum atomic E-state index is 11.5. The smallest absolute Gasteiger partial charge is 0.338 e. The summed E-state index contributed by atoms with van der Waals surface area (Å²) in [6, 6.07) is 11.4. The Kier molecular flexibility index (Phi) is 29.2. The number of esters is 2. The number of aromatic hydroxyl groups is 1. The highest BCUT2D eigenvalue weighted by molar-refractivity contribution is 14.3. The first-order valence-corrected chi connectivity index (χ1v) is 25.5. The first-order valence-electron chi connectivity index (χ1n) is 13.9. The predicted octanol–water partition coefficient (Wildman–Crippen LogP) is 12.0. The number of hydrogen-bond acceptors (Lipinski definition) is 11.